The summed E-state index contributed by atoms with van der Waals surface area (Å²) in [5, 5.41) is 10.9. The molecule has 2 aliphatic rings. The molecule has 2 aromatic carbocycles. The molecule has 0 saturated heterocycles. The van der Waals surface area contributed by atoms with E-state index in [1.807, 2.05) is 46.8 Å². The van der Waals surface area contributed by atoms with E-state index in [2.05, 4.69) is 13.0 Å². The first-order valence-electron chi connectivity index (χ1n) is 10.6. The topological polar surface area (TPSA) is 81.9 Å². The molecule has 2 atom stereocenters. The van der Waals surface area contributed by atoms with Crippen molar-refractivity contribution in [2.75, 3.05) is 4.90 Å². The Morgan fingerprint density at radius 2 is 1.81 bits per heavy atom. The van der Waals surface area contributed by atoms with E-state index in [0.29, 0.717) is 5.75 Å². The van der Waals surface area contributed by atoms with E-state index in [1.165, 1.54) is 12.1 Å². The van der Waals surface area contributed by atoms with Gasteiger partial charge in [0.15, 0.2) is 0 Å². The van der Waals surface area contributed by atoms with Crippen molar-refractivity contribution >= 4 is 17.5 Å². The van der Waals surface area contributed by atoms with E-state index in [4.69, 9.17) is 9.47 Å². The molecule has 0 N–H and O–H groups in total. The minimum atomic E-state index is -0.647. The zero-order valence-electron chi connectivity index (χ0n) is 19.3. The summed E-state index contributed by atoms with van der Waals surface area (Å²) in [6.45, 7) is 11.8. The second-order valence-electron chi connectivity index (χ2n) is 9.93. The summed E-state index contributed by atoms with van der Waals surface area (Å²) >= 11 is 0. The van der Waals surface area contributed by atoms with Crippen LogP contribution in [0.1, 0.15) is 52.2 Å². The Kier molecular flexibility index (Phi) is 4.84. The Bertz CT molecular complexity index is 1130. The zero-order chi connectivity index (χ0) is 23.5. The first-order valence-corrected chi connectivity index (χ1v) is 10.6. The molecule has 0 radical (unpaired) electrons. The van der Waals surface area contributed by atoms with Crippen LogP contribution < -0.4 is 9.64 Å². The summed E-state index contributed by atoms with van der Waals surface area (Å²) < 4.78 is 11.6. The van der Waals surface area contributed by atoms with Gasteiger partial charge in [-0.15, -0.1) is 0 Å². The number of ether oxygens (including phenoxy) is 2. The van der Waals surface area contributed by atoms with Gasteiger partial charge in [-0.2, -0.15) is 0 Å². The number of nitrogens with zero attached hydrogens (tertiary/aromatic N) is 2. The third-order valence-corrected chi connectivity index (χ3v) is 6.64. The lowest BCUT2D eigenvalue weighted by Gasteiger charge is -2.56. The summed E-state index contributed by atoms with van der Waals surface area (Å²) in [5.74, 6) is 0.496. The number of amides is 1. The van der Waals surface area contributed by atoms with Crippen LogP contribution in [-0.2, 0) is 10.2 Å². The minimum Gasteiger partial charge on any atom is -0.465 e. The molecule has 0 aromatic heterocycles. The third-order valence-electron chi connectivity index (χ3n) is 6.64. The SMILES string of the molecule is Cc1ccc2c(c1)[C@@]1(C)C/C(=C/Oc3ccc([N+](=O)[O-])cc3)[C@@]1(C)N2C(=O)OC(C)(C)C. The molecule has 7 nitrogen and oxygen atoms in total. The summed E-state index contributed by atoms with van der Waals surface area (Å²) in [6.07, 6.45) is 2.00. The highest BCUT2D eigenvalue weighted by Gasteiger charge is 2.68. The van der Waals surface area contributed by atoms with Crippen molar-refractivity contribution in [3.8, 4) is 5.75 Å². The molecular formula is C25H28N2O5. The molecule has 1 heterocycles. The van der Waals surface area contributed by atoms with Crippen molar-refractivity contribution in [1.29, 1.82) is 0 Å². The van der Waals surface area contributed by atoms with Gasteiger partial charge < -0.3 is 9.47 Å². The van der Waals surface area contributed by atoms with Crippen LogP contribution in [0.4, 0.5) is 16.2 Å². The van der Waals surface area contributed by atoms with E-state index in [1.54, 1.807) is 23.3 Å². The number of hydrogen-bond acceptors (Lipinski definition) is 5. The Labute approximate surface area is 187 Å². The van der Waals surface area contributed by atoms with Crippen LogP contribution in [0.3, 0.4) is 0 Å². The largest absolute Gasteiger partial charge is 0.465 e. The molecule has 2 aromatic rings. The van der Waals surface area contributed by atoms with Gasteiger partial charge in [-0.05, 0) is 70.4 Å². The van der Waals surface area contributed by atoms with Gasteiger partial charge in [0, 0.05) is 17.5 Å². The summed E-state index contributed by atoms with van der Waals surface area (Å²) in [4.78, 5) is 25.5. The van der Waals surface area contributed by atoms with Crippen LogP contribution in [0, 0.1) is 17.0 Å². The lowest BCUT2D eigenvalue weighted by molar-refractivity contribution is -0.384. The van der Waals surface area contributed by atoms with E-state index in [0.717, 1.165) is 28.8 Å². The van der Waals surface area contributed by atoms with Crippen LogP contribution in [0.2, 0.25) is 0 Å². The predicted octanol–water partition coefficient (Wildman–Crippen LogP) is 6.04. The van der Waals surface area contributed by atoms with E-state index in [9.17, 15) is 14.9 Å². The number of nitro groups is 1. The number of benzene rings is 2. The van der Waals surface area contributed by atoms with Gasteiger partial charge in [0.05, 0.1) is 22.4 Å². The van der Waals surface area contributed by atoms with Crippen LogP contribution in [0.25, 0.3) is 0 Å². The predicted molar refractivity (Wildman–Crippen MR) is 122 cm³/mol. The maximum Gasteiger partial charge on any atom is 0.415 e. The van der Waals surface area contributed by atoms with Gasteiger partial charge in [0.2, 0.25) is 0 Å². The van der Waals surface area contributed by atoms with Gasteiger partial charge in [0.25, 0.3) is 5.69 Å². The molecule has 1 amide bonds. The van der Waals surface area contributed by atoms with Crippen molar-refractivity contribution in [2.24, 2.45) is 0 Å². The van der Waals surface area contributed by atoms with Gasteiger partial charge in [0.1, 0.15) is 11.4 Å². The van der Waals surface area contributed by atoms with E-state index < -0.39 is 22.2 Å². The quantitative estimate of drug-likeness (QED) is 0.333. The van der Waals surface area contributed by atoms with Gasteiger partial charge in [-0.3, -0.25) is 15.0 Å². The first kappa shape index (κ1) is 21.9. The summed E-state index contributed by atoms with van der Waals surface area (Å²) in [5.41, 5.74) is 2.52. The number of rotatable bonds is 3. The molecule has 1 aliphatic heterocycles. The van der Waals surface area contributed by atoms with Gasteiger partial charge in [-0.25, -0.2) is 4.79 Å². The van der Waals surface area contributed by atoms with Crippen LogP contribution in [0.5, 0.6) is 5.75 Å². The molecule has 1 aliphatic carbocycles. The maximum absolute atomic E-state index is 13.3. The second kappa shape index (κ2) is 7.08. The lowest BCUT2D eigenvalue weighted by Crippen LogP contribution is -2.66. The number of carbonyl (C=O) groups excluding carboxylic acids is 1. The Morgan fingerprint density at radius 1 is 1.16 bits per heavy atom. The van der Waals surface area contributed by atoms with Crippen molar-refractivity contribution in [3.63, 3.8) is 0 Å². The van der Waals surface area contributed by atoms with Crippen LogP contribution >= 0.6 is 0 Å². The summed E-state index contributed by atoms with van der Waals surface area (Å²) in [6, 6.07) is 12.1. The number of anilines is 1. The van der Waals surface area contributed by atoms with Crippen molar-refractivity contribution in [1.82, 2.24) is 0 Å². The number of fused-ring (bicyclic) bond motifs is 3. The minimum absolute atomic E-state index is 0.00546. The normalized spacial score (nSPS) is 25.1. The highest BCUT2D eigenvalue weighted by Crippen LogP contribution is 2.65. The molecule has 0 bridgehead atoms. The van der Waals surface area contributed by atoms with Crippen LogP contribution in [-0.4, -0.2) is 22.2 Å². The Hall–Kier alpha value is -3.35. The van der Waals surface area contributed by atoms with E-state index in [-0.39, 0.29) is 11.1 Å². The second-order valence-corrected chi connectivity index (χ2v) is 9.93. The van der Waals surface area contributed by atoms with Crippen molar-refractivity contribution < 1.29 is 19.2 Å². The fraction of sp³-hybridized carbons (Fsp3) is 0.400. The van der Waals surface area contributed by atoms with Crippen molar-refractivity contribution in [3.05, 3.63) is 75.5 Å². The molecule has 1 fully saturated rings. The molecule has 0 spiro atoms. The highest BCUT2D eigenvalue weighted by atomic mass is 16.6. The Morgan fingerprint density at radius 3 is 2.41 bits per heavy atom. The molecule has 0 unspecified atom stereocenters. The molecular weight excluding hydrogens is 408 g/mol. The van der Waals surface area contributed by atoms with E-state index >= 15 is 0 Å². The number of non-ortho nitro benzene ring substituents is 1. The number of aryl methyl sites for hydroxylation is 1. The fourth-order valence-corrected chi connectivity index (χ4v) is 4.78. The first-order chi connectivity index (χ1) is 14.9. The maximum atomic E-state index is 13.3. The summed E-state index contributed by atoms with van der Waals surface area (Å²) in [7, 11) is 0. The lowest BCUT2D eigenvalue weighted by atomic mass is 9.52. The smallest absolute Gasteiger partial charge is 0.415 e. The van der Waals surface area contributed by atoms with Crippen LogP contribution in [0.15, 0.2) is 54.3 Å². The molecule has 168 valence electrons. The third kappa shape index (κ3) is 3.23. The number of carbonyl (C=O) groups is 1. The Balaban J connectivity index is 1.70. The standard InChI is InChI=1S/C25H28N2O5/c1-16-7-12-21-20(13-16)24(5)14-17(15-31-19-10-8-18(9-11-19)27(29)30)25(24,6)26(21)22(28)32-23(2,3)4/h7-13,15H,14H2,1-6H3/b17-15-/t24-,25-/m1/s1. The number of nitro benzene ring substituents is 1. The molecule has 7 heteroatoms. The van der Waals surface area contributed by atoms with Gasteiger partial charge in [-0.1, -0.05) is 24.6 Å². The number of hydrogen-bond donors (Lipinski definition) is 0. The fourth-order valence-electron chi connectivity index (χ4n) is 4.78. The molecule has 4 rings (SSSR count). The van der Waals surface area contributed by atoms with Gasteiger partial charge >= 0.3 is 6.09 Å². The monoisotopic (exact) mass is 436 g/mol. The zero-order valence-corrected chi connectivity index (χ0v) is 19.3. The van der Waals surface area contributed by atoms with Crippen molar-refractivity contribution in [2.45, 2.75) is 64.5 Å². The average Bonchev–Trinajstić information content (AvgIpc) is 2.84. The highest BCUT2D eigenvalue weighted by molar-refractivity contribution is 5.97. The molecule has 32 heavy (non-hydrogen) atoms. The average molecular weight is 437 g/mol. The molecule has 1 saturated carbocycles.